The molecule has 104 valence electrons. The minimum absolute atomic E-state index is 0.0448. The van der Waals surface area contributed by atoms with Gasteiger partial charge in [0.15, 0.2) is 0 Å². The van der Waals surface area contributed by atoms with E-state index in [1.807, 2.05) is 35.2 Å². The Labute approximate surface area is 114 Å². The van der Waals surface area contributed by atoms with Gasteiger partial charge in [0.2, 0.25) is 5.91 Å². The highest BCUT2D eigenvalue weighted by atomic mass is 16.5. The highest BCUT2D eigenvalue weighted by Gasteiger charge is 2.34. The van der Waals surface area contributed by atoms with E-state index in [2.05, 4.69) is 0 Å². The van der Waals surface area contributed by atoms with Gasteiger partial charge in [-0.2, -0.15) is 0 Å². The average molecular weight is 262 g/mol. The number of rotatable bonds is 7. The Morgan fingerprint density at radius 3 is 2.68 bits per heavy atom. The molecule has 2 rings (SSSR count). The number of hydrogen-bond acceptors (Lipinski definition) is 3. The molecule has 2 N–H and O–H groups in total. The summed E-state index contributed by atoms with van der Waals surface area (Å²) in [6.45, 7) is 1.21. The van der Waals surface area contributed by atoms with Crippen molar-refractivity contribution in [3.8, 4) is 0 Å². The first-order valence-corrected chi connectivity index (χ1v) is 6.81. The van der Waals surface area contributed by atoms with Gasteiger partial charge in [0, 0.05) is 19.7 Å². The lowest BCUT2D eigenvalue weighted by Gasteiger charge is -2.25. The predicted molar refractivity (Wildman–Crippen MR) is 74.7 cm³/mol. The summed E-state index contributed by atoms with van der Waals surface area (Å²) in [5, 5.41) is 0. The van der Waals surface area contributed by atoms with Crippen molar-refractivity contribution in [2.45, 2.75) is 31.3 Å². The smallest absolute Gasteiger partial charge is 0.240 e. The number of nitrogens with two attached hydrogens (primary N) is 1. The second kappa shape index (κ2) is 6.68. The Kier molecular flexibility index (Phi) is 4.93. The summed E-state index contributed by atoms with van der Waals surface area (Å²) < 4.78 is 5.06. The second-order valence-electron chi connectivity index (χ2n) is 5.05. The van der Waals surface area contributed by atoms with Gasteiger partial charge in [-0.1, -0.05) is 30.3 Å². The van der Waals surface area contributed by atoms with Crippen LogP contribution in [-0.4, -0.2) is 43.2 Å². The number of ether oxygens (including phenoxy) is 1. The van der Waals surface area contributed by atoms with Crippen molar-refractivity contribution in [3.05, 3.63) is 35.9 Å². The summed E-state index contributed by atoms with van der Waals surface area (Å²) in [4.78, 5) is 14.3. The van der Waals surface area contributed by atoms with Crippen molar-refractivity contribution < 1.29 is 9.53 Å². The van der Waals surface area contributed by atoms with Gasteiger partial charge in [-0.3, -0.25) is 4.79 Å². The van der Waals surface area contributed by atoms with Gasteiger partial charge in [0.1, 0.15) is 0 Å². The normalized spacial score (nSPS) is 16.1. The maximum atomic E-state index is 12.4. The van der Waals surface area contributed by atoms with E-state index in [1.165, 1.54) is 0 Å². The van der Waals surface area contributed by atoms with Gasteiger partial charge >= 0.3 is 0 Å². The second-order valence-corrected chi connectivity index (χ2v) is 5.05. The van der Waals surface area contributed by atoms with Crippen molar-refractivity contribution in [2.75, 3.05) is 20.3 Å². The average Bonchev–Trinajstić information content (AvgIpc) is 3.24. The summed E-state index contributed by atoms with van der Waals surface area (Å²) in [6.07, 6.45) is 2.77. The van der Waals surface area contributed by atoms with Crippen molar-refractivity contribution >= 4 is 5.91 Å². The SMILES string of the molecule is COCCN(C(=O)[C@@H](N)Cc1ccccc1)C1CC1. The third kappa shape index (κ3) is 4.04. The van der Waals surface area contributed by atoms with Gasteiger partial charge in [-0.15, -0.1) is 0 Å². The molecule has 0 unspecified atom stereocenters. The van der Waals surface area contributed by atoms with Crippen molar-refractivity contribution in [2.24, 2.45) is 5.73 Å². The van der Waals surface area contributed by atoms with Crippen LogP contribution in [-0.2, 0) is 16.0 Å². The van der Waals surface area contributed by atoms with Crippen LogP contribution in [0, 0.1) is 0 Å². The number of carbonyl (C=O) groups is 1. The Bertz CT molecular complexity index is 404. The molecule has 0 spiro atoms. The molecule has 0 radical (unpaired) electrons. The van der Waals surface area contributed by atoms with Gasteiger partial charge in [-0.25, -0.2) is 0 Å². The molecule has 1 amide bonds. The molecule has 19 heavy (non-hydrogen) atoms. The highest BCUT2D eigenvalue weighted by molar-refractivity contribution is 5.82. The van der Waals surface area contributed by atoms with Crippen LogP contribution in [0.15, 0.2) is 30.3 Å². The number of benzene rings is 1. The lowest BCUT2D eigenvalue weighted by Crippen LogP contribution is -2.47. The number of amides is 1. The maximum absolute atomic E-state index is 12.4. The molecule has 1 aromatic carbocycles. The van der Waals surface area contributed by atoms with Crippen molar-refractivity contribution in [3.63, 3.8) is 0 Å². The van der Waals surface area contributed by atoms with E-state index in [4.69, 9.17) is 10.5 Å². The van der Waals surface area contributed by atoms with Crippen LogP contribution in [0.25, 0.3) is 0 Å². The van der Waals surface area contributed by atoms with Crippen LogP contribution in [0.3, 0.4) is 0 Å². The van der Waals surface area contributed by atoms with E-state index in [0.717, 1.165) is 18.4 Å². The number of hydrogen-bond donors (Lipinski definition) is 1. The molecular formula is C15H22N2O2. The van der Waals surface area contributed by atoms with Crippen molar-refractivity contribution in [1.29, 1.82) is 0 Å². The largest absolute Gasteiger partial charge is 0.383 e. The highest BCUT2D eigenvalue weighted by Crippen LogP contribution is 2.27. The fourth-order valence-electron chi connectivity index (χ4n) is 2.22. The number of methoxy groups -OCH3 is 1. The van der Waals surface area contributed by atoms with Crippen LogP contribution in [0.4, 0.5) is 0 Å². The number of carbonyl (C=O) groups excluding carboxylic acids is 1. The zero-order valence-electron chi connectivity index (χ0n) is 11.4. The zero-order valence-corrected chi connectivity index (χ0v) is 11.4. The molecule has 1 fully saturated rings. The van der Waals surface area contributed by atoms with E-state index >= 15 is 0 Å². The first-order valence-electron chi connectivity index (χ1n) is 6.81. The Hall–Kier alpha value is -1.39. The molecule has 0 aliphatic heterocycles. The summed E-state index contributed by atoms with van der Waals surface area (Å²) in [5.74, 6) is 0.0448. The molecule has 0 saturated heterocycles. The van der Waals surface area contributed by atoms with E-state index < -0.39 is 6.04 Å². The van der Waals surface area contributed by atoms with Crippen LogP contribution < -0.4 is 5.73 Å². The molecule has 4 heteroatoms. The quantitative estimate of drug-likeness (QED) is 0.803. The molecule has 1 aliphatic rings. The van der Waals surface area contributed by atoms with Gasteiger partial charge < -0.3 is 15.4 Å². The van der Waals surface area contributed by atoms with Crippen LogP contribution >= 0.6 is 0 Å². The first-order chi connectivity index (χ1) is 9.22. The fraction of sp³-hybridized carbons (Fsp3) is 0.533. The summed E-state index contributed by atoms with van der Waals surface area (Å²) in [6, 6.07) is 9.83. The lowest BCUT2D eigenvalue weighted by molar-refractivity contribution is -0.133. The van der Waals surface area contributed by atoms with E-state index in [0.29, 0.717) is 25.6 Å². The molecule has 1 saturated carbocycles. The third-order valence-corrected chi connectivity index (χ3v) is 3.42. The van der Waals surface area contributed by atoms with Crippen molar-refractivity contribution in [1.82, 2.24) is 4.90 Å². The van der Waals surface area contributed by atoms with E-state index in [9.17, 15) is 4.79 Å². The van der Waals surface area contributed by atoms with Crippen LogP contribution in [0.5, 0.6) is 0 Å². The maximum Gasteiger partial charge on any atom is 0.240 e. The molecule has 0 aromatic heterocycles. The Balaban J connectivity index is 1.92. The zero-order chi connectivity index (χ0) is 13.7. The van der Waals surface area contributed by atoms with Crippen LogP contribution in [0.1, 0.15) is 18.4 Å². The third-order valence-electron chi connectivity index (χ3n) is 3.42. The molecule has 4 nitrogen and oxygen atoms in total. The number of nitrogens with zero attached hydrogens (tertiary/aromatic N) is 1. The molecule has 1 atom stereocenters. The lowest BCUT2D eigenvalue weighted by atomic mass is 10.1. The predicted octanol–water partition coefficient (Wildman–Crippen LogP) is 1.19. The van der Waals surface area contributed by atoms with Gasteiger partial charge in [-0.05, 0) is 24.8 Å². The first kappa shape index (κ1) is 14.0. The van der Waals surface area contributed by atoms with E-state index in [-0.39, 0.29) is 5.91 Å². The molecule has 0 heterocycles. The standard InChI is InChI=1S/C15H22N2O2/c1-19-10-9-17(13-7-8-13)15(18)14(16)11-12-5-3-2-4-6-12/h2-6,13-14H,7-11,16H2,1H3/t14-/m0/s1. The molecular weight excluding hydrogens is 240 g/mol. The molecule has 0 bridgehead atoms. The summed E-state index contributed by atoms with van der Waals surface area (Å²) >= 11 is 0. The molecule has 1 aliphatic carbocycles. The van der Waals surface area contributed by atoms with Gasteiger partial charge in [0.25, 0.3) is 0 Å². The van der Waals surface area contributed by atoms with Crippen LogP contribution in [0.2, 0.25) is 0 Å². The minimum Gasteiger partial charge on any atom is -0.383 e. The summed E-state index contributed by atoms with van der Waals surface area (Å²) in [7, 11) is 1.65. The molecule has 1 aromatic rings. The Morgan fingerprint density at radius 1 is 1.42 bits per heavy atom. The fourth-order valence-corrected chi connectivity index (χ4v) is 2.22. The monoisotopic (exact) mass is 262 g/mol. The Morgan fingerprint density at radius 2 is 2.11 bits per heavy atom. The summed E-state index contributed by atoms with van der Waals surface area (Å²) in [5.41, 5.74) is 7.16. The topological polar surface area (TPSA) is 55.6 Å². The van der Waals surface area contributed by atoms with E-state index in [1.54, 1.807) is 7.11 Å². The van der Waals surface area contributed by atoms with Gasteiger partial charge in [0.05, 0.1) is 12.6 Å². The minimum atomic E-state index is -0.458.